The maximum absolute atomic E-state index is 11.3. The molecule has 1 rings (SSSR count). The summed E-state index contributed by atoms with van der Waals surface area (Å²) in [4.78, 5) is 11.3. The minimum atomic E-state index is -0.109. The van der Waals surface area contributed by atoms with Crippen molar-refractivity contribution >= 4 is 23.6 Å². The topological polar surface area (TPSA) is 29.1 Å². The van der Waals surface area contributed by atoms with Crippen molar-refractivity contribution in [1.29, 1.82) is 0 Å². The van der Waals surface area contributed by atoms with E-state index >= 15 is 0 Å². The highest BCUT2D eigenvalue weighted by Crippen LogP contribution is 2.11. The van der Waals surface area contributed by atoms with E-state index in [1.54, 1.807) is 24.3 Å². The highest BCUT2D eigenvalue weighted by molar-refractivity contribution is 6.30. The first kappa shape index (κ1) is 12.5. The van der Waals surface area contributed by atoms with Crippen LogP contribution in [0.5, 0.6) is 0 Å². The van der Waals surface area contributed by atoms with Crippen LogP contribution in [0.1, 0.15) is 12.0 Å². The summed E-state index contributed by atoms with van der Waals surface area (Å²) in [7, 11) is 0. The molecule has 1 aromatic carbocycles. The Morgan fingerprint density at radius 1 is 1.50 bits per heavy atom. The fraction of sp³-hybridized carbons (Fsp3) is 0.154. The van der Waals surface area contributed by atoms with E-state index in [4.69, 9.17) is 11.6 Å². The number of nitrogens with one attached hydrogen (secondary N) is 1. The Morgan fingerprint density at radius 2 is 2.31 bits per heavy atom. The maximum atomic E-state index is 11.3. The third-order valence-electron chi connectivity index (χ3n) is 1.92. The molecule has 16 heavy (non-hydrogen) atoms. The first-order valence-electron chi connectivity index (χ1n) is 5.05. The lowest BCUT2D eigenvalue weighted by atomic mass is 10.2. The molecule has 1 N–H and O–H groups in total. The molecular weight excluding hydrogens is 222 g/mol. The van der Waals surface area contributed by atoms with Crippen LogP contribution in [0.3, 0.4) is 0 Å². The monoisotopic (exact) mass is 235 g/mol. The Hall–Kier alpha value is -1.54. The van der Waals surface area contributed by atoms with Crippen molar-refractivity contribution in [1.82, 2.24) is 5.32 Å². The van der Waals surface area contributed by atoms with E-state index in [1.165, 1.54) is 6.08 Å². The van der Waals surface area contributed by atoms with Crippen molar-refractivity contribution in [2.45, 2.75) is 6.42 Å². The lowest BCUT2D eigenvalue weighted by Crippen LogP contribution is -2.21. The predicted molar refractivity (Wildman–Crippen MR) is 68.3 cm³/mol. The van der Waals surface area contributed by atoms with Gasteiger partial charge in [-0.25, -0.2) is 0 Å². The van der Waals surface area contributed by atoms with Gasteiger partial charge in [0, 0.05) is 17.6 Å². The number of hydrogen-bond acceptors (Lipinski definition) is 1. The van der Waals surface area contributed by atoms with Gasteiger partial charge in [0.1, 0.15) is 0 Å². The average molecular weight is 236 g/mol. The van der Waals surface area contributed by atoms with Gasteiger partial charge in [-0.3, -0.25) is 4.79 Å². The van der Waals surface area contributed by atoms with Crippen LogP contribution in [-0.2, 0) is 4.79 Å². The number of carbonyl (C=O) groups excluding carboxylic acids is 1. The number of benzene rings is 1. The van der Waals surface area contributed by atoms with Crippen molar-refractivity contribution in [3.63, 3.8) is 0 Å². The largest absolute Gasteiger partial charge is 0.352 e. The molecule has 0 saturated heterocycles. The first-order chi connectivity index (χ1) is 7.72. The molecule has 0 aliphatic carbocycles. The van der Waals surface area contributed by atoms with Crippen LogP contribution >= 0.6 is 11.6 Å². The van der Waals surface area contributed by atoms with Gasteiger partial charge < -0.3 is 5.32 Å². The fourth-order valence-electron chi connectivity index (χ4n) is 1.14. The van der Waals surface area contributed by atoms with Crippen LogP contribution in [0, 0.1) is 0 Å². The van der Waals surface area contributed by atoms with Crippen molar-refractivity contribution in [3.05, 3.63) is 53.6 Å². The number of carbonyl (C=O) groups is 1. The van der Waals surface area contributed by atoms with E-state index in [-0.39, 0.29) is 5.91 Å². The lowest BCUT2D eigenvalue weighted by molar-refractivity contribution is -0.116. The zero-order valence-electron chi connectivity index (χ0n) is 8.95. The second-order valence-corrected chi connectivity index (χ2v) is 3.69. The second kappa shape index (κ2) is 6.85. The van der Waals surface area contributed by atoms with Crippen molar-refractivity contribution in [2.24, 2.45) is 0 Å². The van der Waals surface area contributed by atoms with E-state index in [1.807, 2.05) is 12.1 Å². The average Bonchev–Trinajstić information content (AvgIpc) is 2.27. The first-order valence-corrected chi connectivity index (χ1v) is 5.42. The fourth-order valence-corrected chi connectivity index (χ4v) is 1.34. The molecule has 0 atom stereocenters. The van der Waals surface area contributed by atoms with Crippen LogP contribution in [0.25, 0.3) is 6.08 Å². The normalized spacial score (nSPS) is 10.3. The molecule has 0 spiro atoms. The Morgan fingerprint density at radius 3 is 3.00 bits per heavy atom. The molecule has 2 nitrogen and oxygen atoms in total. The van der Waals surface area contributed by atoms with Crippen LogP contribution in [0.2, 0.25) is 5.02 Å². The summed E-state index contributed by atoms with van der Waals surface area (Å²) in [6.45, 7) is 4.19. The number of halogens is 1. The third kappa shape index (κ3) is 4.80. The highest BCUT2D eigenvalue weighted by Gasteiger charge is 1.93. The van der Waals surface area contributed by atoms with Gasteiger partial charge in [0.05, 0.1) is 0 Å². The summed E-state index contributed by atoms with van der Waals surface area (Å²) >= 11 is 5.82. The molecule has 0 aliphatic rings. The zero-order valence-corrected chi connectivity index (χ0v) is 9.70. The predicted octanol–water partition coefficient (Wildman–Crippen LogP) is 3.05. The van der Waals surface area contributed by atoms with E-state index in [9.17, 15) is 4.79 Å². The van der Waals surface area contributed by atoms with Gasteiger partial charge >= 0.3 is 0 Å². The number of amides is 1. The summed E-state index contributed by atoms with van der Waals surface area (Å²) in [6, 6.07) is 7.33. The van der Waals surface area contributed by atoms with Crippen molar-refractivity contribution in [2.75, 3.05) is 6.54 Å². The summed E-state index contributed by atoms with van der Waals surface area (Å²) < 4.78 is 0. The molecule has 1 aromatic rings. The molecular formula is C13H14ClNO. The number of hydrogen-bond donors (Lipinski definition) is 1. The van der Waals surface area contributed by atoms with Crippen molar-refractivity contribution < 1.29 is 4.79 Å². The van der Waals surface area contributed by atoms with Crippen LogP contribution in [-0.4, -0.2) is 12.5 Å². The Balaban J connectivity index is 2.47. The summed E-state index contributed by atoms with van der Waals surface area (Å²) in [5, 5.41) is 3.40. The van der Waals surface area contributed by atoms with E-state index in [2.05, 4.69) is 11.9 Å². The molecule has 0 unspecified atom stereocenters. The minimum Gasteiger partial charge on any atom is -0.352 e. The summed E-state index contributed by atoms with van der Waals surface area (Å²) in [5.74, 6) is -0.109. The van der Waals surface area contributed by atoms with Crippen LogP contribution in [0.4, 0.5) is 0 Å². The molecule has 0 aliphatic heterocycles. The highest BCUT2D eigenvalue weighted by atomic mass is 35.5. The van der Waals surface area contributed by atoms with Crippen LogP contribution < -0.4 is 5.32 Å². The van der Waals surface area contributed by atoms with Crippen LogP contribution in [0.15, 0.2) is 43.0 Å². The zero-order chi connectivity index (χ0) is 11.8. The molecule has 0 heterocycles. The molecule has 0 bridgehead atoms. The third-order valence-corrected chi connectivity index (χ3v) is 2.16. The molecule has 84 valence electrons. The Labute approximate surface area is 101 Å². The SMILES string of the molecule is C=CCCNC(=O)/C=C/c1cccc(Cl)c1. The Kier molecular flexibility index (Phi) is 5.37. The molecule has 1 amide bonds. The standard InChI is InChI=1S/C13H14ClNO/c1-2-3-9-15-13(16)8-7-11-5-4-6-12(14)10-11/h2,4-8,10H,1,3,9H2,(H,15,16)/b8-7+. The van der Waals surface area contributed by atoms with Gasteiger partial charge in [-0.05, 0) is 30.2 Å². The number of rotatable bonds is 5. The molecule has 0 saturated carbocycles. The van der Waals surface area contributed by atoms with Gasteiger partial charge in [-0.1, -0.05) is 29.8 Å². The second-order valence-electron chi connectivity index (χ2n) is 3.26. The Bertz CT molecular complexity index is 399. The van der Waals surface area contributed by atoms with Gasteiger partial charge in [-0.2, -0.15) is 0 Å². The van der Waals surface area contributed by atoms with Crippen molar-refractivity contribution in [3.8, 4) is 0 Å². The van der Waals surface area contributed by atoms with E-state index in [0.717, 1.165) is 12.0 Å². The van der Waals surface area contributed by atoms with Gasteiger partial charge in [0.25, 0.3) is 0 Å². The van der Waals surface area contributed by atoms with Gasteiger partial charge in [-0.15, -0.1) is 6.58 Å². The minimum absolute atomic E-state index is 0.109. The molecule has 0 aromatic heterocycles. The van der Waals surface area contributed by atoms with E-state index in [0.29, 0.717) is 11.6 Å². The van der Waals surface area contributed by atoms with E-state index < -0.39 is 0 Å². The summed E-state index contributed by atoms with van der Waals surface area (Å²) in [5.41, 5.74) is 0.909. The summed E-state index contributed by atoms with van der Waals surface area (Å²) in [6.07, 6.45) is 5.77. The quantitative estimate of drug-likeness (QED) is 0.474. The molecule has 0 radical (unpaired) electrons. The lowest BCUT2D eigenvalue weighted by Gasteiger charge is -1.98. The molecule has 3 heteroatoms. The maximum Gasteiger partial charge on any atom is 0.244 e. The van der Waals surface area contributed by atoms with Gasteiger partial charge in [0.2, 0.25) is 5.91 Å². The smallest absolute Gasteiger partial charge is 0.244 e. The van der Waals surface area contributed by atoms with Gasteiger partial charge in [0.15, 0.2) is 0 Å². The molecule has 0 fully saturated rings.